The van der Waals surface area contributed by atoms with E-state index in [1.54, 1.807) is 0 Å². The van der Waals surface area contributed by atoms with Crippen LogP contribution in [-0.4, -0.2) is 23.4 Å². The molecule has 1 N–H and O–H groups in total. The first-order valence-corrected chi connectivity index (χ1v) is 4.21. The molecule has 2 heteroatoms. The van der Waals surface area contributed by atoms with Crippen molar-refractivity contribution in [3.05, 3.63) is 0 Å². The van der Waals surface area contributed by atoms with Crippen molar-refractivity contribution in [3.63, 3.8) is 0 Å². The Labute approximate surface area is 61.2 Å². The molecule has 3 unspecified atom stereocenters. The highest BCUT2D eigenvalue weighted by Crippen LogP contribution is 2.34. The van der Waals surface area contributed by atoms with Gasteiger partial charge in [0.1, 0.15) is 6.10 Å². The van der Waals surface area contributed by atoms with Crippen LogP contribution in [0.1, 0.15) is 32.1 Å². The first kappa shape index (κ1) is 6.62. The van der Waals surface area contributed by atoms with Crippen LogP contribution in [-0.2, 0) is 4.74 Å². The predicted octanol–water partition coefficient (Wildman–Crippen LogP) is 1.08. The lowest BCUT2D eigenvalue weighted by atomic mass is 9.99. The number of aliphatic hydroxyl groups is 1. The number of hydrogen-bond donors (Lipinski definition) is 1. The lowest BCUT2D eigenvalue weighted by Gasteiger charge is -2.09. The van der Waals surface area contributed by atoms with Gasteiger partial charge in [-0.1, -0.05) is 19.3 Å². The zero-order valence-corrected chi connectivity index (χ0v) is 6.12. The molecule has 1 saturated heterocycles. The number of ether oxygens (including phenoxy) is 1. The number of fused-ring (bicyclic) bond motifs is 1. The van der Waals surface area contributed by atoms with Gasteiger partial charge in [-0.3, -0.25) is 0 Å². The number of epoxide rings is 1. The quantitative estimate of drug-likeness (QED) is 0.513. The van der Waals surface area contributed by atoms with Gasteiger partial charge in [-0.15, -0.1) is 0 Å². The molecule has 1 saturated carbocycles. The normalized spacial score (nSPS) is 47.1. The maximum atomic E-state index is 9.40. The molecule has 0 aromatic carbocycles. The fraction of sp³-hybridized carbons (Fsp3) is 1.00. The van der Waals surface area contributed by atoms with Gasteiger partial charge in [-0.25, -0.2) is 0 Å². The molecule has 1 heterocycles. The molecular weight excluding hydrogens is 128 g/mol. The Morgan fingerprint density at radius 2 is 1.90 bits per heavy atom. The maximum Gasteiger partial charge on any atom is 0.110 e. The summed E-state index contributed by atoms with van der Waals surface area (Å²) in [6.45, 7) is 0. The van der Waals surface area contributed by atoms with Gasteiger partial charge in [0.15, 0.2) is 0 Å². The summed E-state index contributed by atoms with van der Waals surface area (Å²) in [6, 6.07) is 0. The van der Waals surface area contributed by atoms with E-state index in [-0.39, 0.29) is 12.2 Å². The monoisotopic (exact) mass is 142 g/mol. The Kier molecular flexibility index (Phi) is 1.66. The maximum absolute atomic E-state index is 9.40. The van der Waals surface area contributed by atoms with Gasteiger partial charge in [0.25, 0.3) is 0 Å². The van der Waals surface area contributed by atoms with E-state index >= 15 is 0 Å². The Bertz CT molecular complexity index is 124. The second-order valence-corrected chi connectivity index (χ2v) is 3.34. The zero-order valence-electron chi connectivity index (χ0n) is 6.12. The van der Waals surface area contributed by atoms with Crippen LogP contribution in [0.3, 0.4) is 0 Å². The average Bonchev–Trinajstić information content (AvgIpc) is 2.62. The minimum atomic E-state index is -0.162. The van der Waals surface area contributed by atoms with Crippen LogP contribution in [0.2, 0.25) is 0 Å². The Hall–Kier alpha value is -0.0800. The van der Waals surface area contributed by atoms with Crippen LogP contribution < -0.4 is 0 Å². The molecule has 0 bridgehead atoms. The highest BCUT2D eigenvalue weighted by atomic mass is 16.6. The van der Waals surface area contributed by atoms with E-state index in [0.29, 0.717) is 6.10 Å². The molecule has 2 fully saturated rings. The number of aliphatic hydroxyl groups excluding tert-OH is 1. The lowest BCUT2D eigenvalue weighted by molar-refractivity contribution is 0.124. The molecule has 10 heavy (non-hydrogen) atoms. The molecule has 58 valence electrons. The molecule has 0 aromatic heterocycles. The summed E-state index contributed by atoms with van der Waals surface area (Å²) in [5.41, 5.74) is 0. The highest BCUT2D eigenvalue weighted by Gasteiger charge is 2.43. The predicted molar refractivity (Wildman–Crippen MR) is 37.8 cm³/mol. The van der Waals surface area contributed by atoms with Gasteiger partial charge in [0.05, 0.1) is 12.2 Å². The number of rotatable bonds is 0. The van der Waals surface area contributed by atoms with Crippen molar-refractivity contribution < 1.29 is 9.84 Å². The second-order valence-electron chi connectivity index (χ2n) is 3.34. The summed E-state index contributed by atoms with van der Waals surface area (Å²) in [6.07, 6.45) is 6.30. The Morgan fingerprint density at radius 3 is 2.80 bits per heavy atom. The topological polar surface area (TPSA) is 32.8 Å². The number of hydrogen-bond acceptors (Lipinski definition) is 2. The highest BCUT2D eigenvalue weighted by molar-refractivity contribution is 4.91. The van der Waals surface area contributed by atoms with Gasteiger partial charge >= 0.3 is 0 Å². The van der Waals surface area contributed by atoms with Crippen molar-refractivity contribution in [2.75, 3.05) is 0 Å². The van der Waals surface area contributed by atoms with E-state index in [0.717, 1.165) is 6.42 Å². The third-order valence-corrected chi connectivity index (χ3v) is 2.49. The molecule has 3 atom stereocenters. The van der Waals surface area contributed by atoms with Crippen molar-refractivity contribution in [2.24, 2.45) is 0 Å². The minimum absolute atomic E-state index is 0.162. The lowest BCUT2D eigenvalue weighted by Crippen LogP contribution is -2.18. The van der Waals surface area contributed by atoms with Crippen LogP contribution in [0.25, 0.3) is 0 Å². The van der Waals surface area contributed by atoms with Crippen LogP contribution in [0.15, 0.2) is 0 Å². The second kappa shape index (κ2) is 2.51. The van der Waals surface area contributed by atoms with Crippen molar-refractivity contribution in [1.29, 1.82) is 0 Å². The molecule has 0 spiro atoms. The van der Waals surface area contributed by atoms with E-state index < -0.39 is 0 Å². The Balaban J connectivity index is 1.88. The standard InChI is InChI=1S/C8H14O2/c9-6-4-2-1-3-5-7-8(6)10-7/h6-9H,1-5H2. The average molecular weight is 142 g/mol. The van der Waals surface area contributed by atoms with E-state index in [2.05, 4.69) is 0 Å². The van der Waals surface area contributed by atoms with Crippen molar-refractivity contribution in [1.82, 2.24) is 0 Å². The fourth-order valence-electron chi connectivity index (χ4n) is 1.77. The van der Waals surface area contributed by atoms with Crippen LogP contribution >= 0.6 is 0 Å². The first-order chi connectivity index (χ1) is 4.88. The molecule has 1 aliphatic carbocycles. The third kappa shape index (κ3) is 1.18. The Morgan fingerprint density at radius 1 is 1.10 bits per heavy atom. The molecule has 2 aliphatic rings. The van der Waals surface area contributed by atoms with Crippen LogP contribution in [0, 0.1) is 0 Å². The van der Waals surface area contributed by atoms with Crippen molar-refractivity contribution >= 4 is 0 Å². The molecule has 2 nitrogen and oxygen atoms in total. The van der Waals surface area contributed by atoms with E-state index in [9.17, 15) is 5.11 Å². The van der Waals surface area contributed by atoms with Crippen LogP contribution in [0.4, 0.5) is 0 Å². The molecule has 2 rings (SSSR count). The first-order valence-electron chi connectivity index (χ1n) is 4.21. The molecule has 0 radical (unpaired) electrons. The molecule has 0 aromatic rings. The summed E-state index contributed by atoms with van der Waals surface area (Å²) in [5.74, 6) is 0. The third-order valence-electron chi connectivity index (χ3n) is 2.49. The van der Waals surface area contributed by atoms with Gasteiger partial charge < -0.3 is 9.84 Å². The summed E-state index contributed by atoms with van der Waals surface area (Å²) in [5, 5.41) is 9.40. The smallest absolute Gasteiger partial charge is 0.110 e. The van der Waals surface area contributed by atoms with Crippen molar-refractivity contribution in [3.8, 4) is 0 Å². The largest absolute Gasteiger partial charge is 0.390 e. The fourth-order valence-corrected chi connectivity index (χ4v) is 1.77. The van der Waals surface area contributed by atoms with Gasteiger partial charge in [0, 0.05) is 0 Å². The summed E-state index contributed by atoms with van der Waals surface area (Å²) in [7, 11) is 0. The summed E-state index contributed by atoms with van der Waals surface area (Å²) in [4.78, 5) is 0. The SMILES string of the molecule is OC1CCCCCC2OC12. The van der Waals surface area contributed by atoms with Gasteiger partial charge in [0.2, 0.25) is 0 Å². The van der Waals surface area contributed by atoms with E-state index in [1.807, 2.05) is 0 Å². The zero-order chi connectivity index (χ0) is 6.97. The van der Waals surface area contributed by atoms with Gasteiger partial charge in [-0.05, 0) is 12.8 Å². The molecule has 0 amide bonds. The summed E-state index contributed by atoms with van der Waals surface area (Å²) < 4.78 is 5.30. The van der Waals surface area contributed by atoms with Gasteiger partial charge in [-0.2, -0.15) is 0 Å². The van der Waals surface area contributed by atoms with Crippen molar-refractivity contribution in [2.45, 2.75) is 50.4 Å². The van der Waals surface area contributed by atoms with Crippen LogP contribution in [0.5, 0.6) is 0 Å². The molecule has 1 aliphatic heterocycles. The summed E-state index contributed by atoms with van der Waals surface area (Å²) >= 11 is 0. The minimum Gasteiger partial charge on any atom is -0.390 e. The van der Waals surface area contributed by atoms with E-state index in [4.69, 9.17) is 4.74 Å². The molecular formula is C8H14O2. The van der Waals surface area contributed by atoms with E-state index in [1.165, 1.54) is 25.7 Å².